The normalized spacial score (nSPS) is 15.5. The van der Waals surface area contributed by atoms with Gasteiger partial charge < -0.3 is 24.6 Å². The van der Waals surface area contributed by atoms with Gasteiger partial charge in [-0.15, -0.1) is 11.3 Å². The summed E-state index contributed by atoms with van der Waals surface area (Å²) >= 11 is 1.72. The van der Waals surface area contributed by atoms with Crippen molar-refractivity contribution >= 4 is 23.3 Å². The maximum Gasteiger partial charge on any atom is 0.318 e. The van der Waals surface area contributed by atoms with Crippen molar-refractivity contribution in [1.82, 2.24) is 15.1 Å². The second-order valence-electron chi connectivity index (χ2n) is 7.79. The zero-order valence-electron chi connectivity index (χ0n) is 18.4. The average molecular weight is 446 g/mol. The summed E-state index contributed by atoms with van der Waals surface area (Å²) in [5.74, 6) is 0.684. The first kappa shape index (κ1) is 23.1. The van der Waals surface area contributed by atoms with Gasteiger partial charge in [0.05, 0.1) is 12.6 Å². The third kappa shape index (κ3) is 6.21. The Morgan fingerprint density at radius 3 is 2.74 bits per heavy atom. The molecule has 0 bridgehead atoms. The monoisotopic (exact) mass is 445 g/mol. The van der Waals surface area contributed by atoms with Crippen molar-refractivity contribution in [2.75, 3.05) is 40.0 Å². The van der Waals surface area contributed by atoms with Crippen LogP contribution in [0.1, 0.15) is 30.3 Å². The molecule has 31 heavy (non-hydrogen) atoms. The molecule has 1 aromatic carbocycles. The molecule has 0 aliphatic carbocycles. The van der Waals surface area contributed by atoms with Crippen molar-refractivity contribution < 1.29 is 19.1 Å². The summed E-state index contributed by atoms with van der Waals surface area (Å²) in [6.45, 7) is 5.50. The number of carbonyl (C=O) groups is 2. The van der Waals surface area contributed by atoms with Gasteiger partial charge in [-0.05, 0) is 49.4 Å². The number of hydrogen-bond acceptors (Lipinski definition) is 5. The number of nitrogens with zero attached hydrogens (tertiary/aromatic N) is 2. The maximum atomic E-state index is 13.3. The number of ether oxygens (including phenoxy) is 2. The Kier molecular flexibility index (Phi) is 8.31. The Morgan fingerprint density at radius 2 is 2.03 bits per heavy atom. The molecule has 7 nitrogen and oxygen atoms in total. The van der Waals surface area contributed by atoms with Gasteiger partial charge in [0.25, 0.3) is 0 Å². The number of nitrogens with one attached hydrogen (secondary N) is 1. The summed E-state index contributed by atoms with van der Waals surface area (Å²) in [5, 5.41) is 4.93. The number of amides is 3. The molecule has 1 atom stereocenters. The van der Waals surface area contributed by atoms with E-state index in [1.807, 2.05) is 49.1 Å². The van der Waals surface area contributed by atoms with Crippen LogP contribution in [0.2, 0.25) is 0 Å². The number of thiophene rings is 1. The lowest BCUT2D eigenvalue weighted by Crippen LogP contribution is -2.51. The van der Waals surface area contributed by atoms with Crippen LogP contribution in [0.25, 0.3) is 0 Å². The molecule has 1 unspecified atom stereocenters. The fraction of sp³-hybridized carbons (Fsp3) is 0.478. The van der Waals surface area contributed by atoms with Crippen molar-refractivity contribution in [2.45, 2.75) is 32.4 Å². The quantitative estimate of drug-likeness (QED) is 0.643. The van der Waals surface area contributed by atoms with Crippen molar-refractivity contribution in [3.63, 3.8) is 0 Å². The minimum Gasteiger partial charge on any atom is -0.491 e. The van der Waals surface area contributed by atoms with Gasteiger partial charge in [-0.3, -0.25) is 4.79 Å². The van der Waals surface area contributed by atoms with Crippen molar-refractivity contribution in [2.24, 2.45) is 0 Å². The summed E-state index contributed by atoms with van der Waals surface area (Å²) in [6, 6.07) is 11.2. The van der Waals surface area contributed by atoms with E-state index in [0.717, 1.165) is 17.7 Å². The molecule has 168 valence electrons. The largest absolute Gasteiger partial charge is 0.491 e. The first-order chi connectivity index (χ1) is 15.0. The van der Waals surface area contributed by atoms with Gasteiger partial charge in [0.2, 0.25) is 5.91 Å². The molecule has 2 aromatic rings. The predicted octanol–water partition coefficient (Wildman–Crippen LogP) is 3.32. The molecule has 0 radical (unpaired) electrons. The van der Waals surface area contributed by atoms with E-state index in [9.17, 15) is 9.59 Å². The van der Waals surface area contributed by atoms with Gasteiger partial charge in [0.1, 0.15) is 18.9 Å². The Hall–Kier alpha value is -2.58. The molecular formula is C23H31N3O4S. The summed E-state index contributed by atoms with van der Waals surface area (Å²) < 4.78 is 11.2. The van der Waals surface area contributed by atoms with Gasteiger partial charge in [-0.25, -0.2) is 4.79 Å². The van der Waals surface area contributed by atoms with Crippen molar-refractivity contribution in [1.29, 1.82) is 0 Å². The van der Waals surface area contributed by atoms with E-state index in [1.54, 1.807) is 18.4 Å². The zero-order valence-corrected chi connectivity index (χ0v) is 19.2. The molecule has 2 heterocycles. The van der Waals surface area contributed by atoms with E-state index in [-0.39, 0.29) is 30.6 Å². The molecule has 3 amide bonds. The highest BCUT2D eigenvalue weighted by molar-refractivity contribution is 7.10. The summed E-state index contributed by atoms with van der Waals surface area (Å²) in [7, 11) is 1.58. The molecule has 0 saturated heterocycles. The number of hydrogen-bond donors (Lipinski definition) is 1. The Balaban J connectivity index is 1.73. The lowest BCUT2D eigenvalue weighted by atomic mass is 10.0. The first-order valence-corrected chi connectivity index (χ1v) is 11.5. The van der Waals surface area contributed by atoms with Crippen LogP contribution in [-0.4, -0.2) is 67.7 Å². The molecule has 1 N–H and O–H groups in total. The first-order valence-electron chi connectivity index (χ1n) is 10.6. The number of urea groups is 1. The Bertz CT molecular complexity index is 856. The molecular weight excluding hydrogens is 414 g/mol. The topological polar surface area (TPSA) is 71.1 Å². The smallest absolute Gasteiger partial charge is 0.318 e. The number of methoxy groups -OCH3 is 1. The summed E-state index contributed by atoms with van der Waals surface area (Å²) in [6.07, 6.45) is 0.816. The Labute approximate surface area is 187 Å². The van der Waals surface area contributed by atoms with E-state index in [0.29, 0.717) is 26.3 Å². The standard InChI is InChI=1S/C23H31N3O4S/c1-17(2)24-23(28)25(12-13-29-3)15-22(27)26-11-9-21-19(10-14-31-21)20(26)16-30-18-7-5-4-6-8-18/h4-8,10,14,17,20H,9,11-13,15-16H2,1-3H3,(H,24,28). The molecule has 0 fully saturated rings. The fourth-order valence-corrected chi connectivity index (χ4v) is 4.54. The second-order valence-corrected chi connectivity index (χ2v) is 8.80. The van der Waals surface area contributed by atoms with E-state index in [1.165, 1.54) is 9.78 Å². The molecule has 1 aliphatic rings. The van der Waals surface area contributed by atoms with Crippen LogP contribution < -0.4 is 10.1 Å². The van der Waals surface area contributed by atoms with E-state index >= 15 is 0 Å². The van der Waals surface area contributed by atoms with E-state index in [2.05, 4.69) is 16.8 Å². The van der Waals surface area contributed by atoms with Gasteiger partial charge in [-0.1, -0.05) is 18.2 Å². The molecule has 3 rings (SSSR count). The zero-order chi connectivity index (χ0) is 22.2. The number of benzene rings is 1. The highest BCUT2D eigenvalue weighted by Gasteiger charge is 2.33. The van der Waals surface area contributed by atoms with Crippen molar-refractivity contribution in [3.8, 4) is 5.75 Å². The number of rotatable bonds is 9. The van der Waals surface area contributed by atoms with Crippen LogP contribution in [0.5, 0.6) is 5.75 Å². The summed E-state index contributed by atoms with van der Waals surface area (Å²) in [5.41, 5.74) is 1.13. The lowest BCUT2D eigenvalue weighted by molar-refractivity contribution is -0.135. The molecule has 0 spiro atoms. The van der Waals surface area contributed by atoms with Crippen LogP contribution in [0.15, 0.2) is 41.8 Å². The average Bonchev–Trinajstić information content (AvgIpc) is 3.24. The molecule has 1 aliphatic heterocycles. The third-order valence-electron chi connectivity index (χ3n) is 5.16. The number of para-hydroxylation sites is 1. The van der Waals surface area contributed by atoms with Gasteiger partial charge in [0.15, 0.2) is 0 Å². The number of fused-ring (bicyclic) bond motifs is 1. The molecule has 1 aromatic heterocycles. The SMILES string of the molecule is COCCN(CC(=O)N1CCc2sccc2C1COc1ccccc1)C(=O)NC(C)C. The van der Waals surface area contributed by atoms with Crippen LogP contribution in [0.3, 0.4) is 0 Å². The van der Waals surface area contributed by atoms with Crippen LogP contribution >= 0.6 is 11.3 Å². The maximum absolute atomic E-state index is 13.3. The molecule has 8 heteroatoms. The van der Waals surface area contributed by atoms with Crippen LogP contribution in [0, 0.1) is 0 Å². The van der Waals surface area contributed by atoms with Gasteiger partial charge in [-0.2, -0.15) is 0 Å². The van der Waals surface area contributed by atoms with Crippen LogP contribution in [-0.2, 0) is 16.0 Å². The van der Waals surface area contributed by atoms with Crippen molar-refractivity contribution in [3.05, 3.63) is 52.2 Å². The second kappa shape index (κ2) is 11.2. The van der Waals surface area contributed by atoms with Gasteiger partial charge >= 0.3 is 6.03 Å². The Morgan fingerprint density at radius 1 is 1.26 bits per heavy atom. The minimum atomic E-state index is -0.259. The number of carbonyl (C=O) groups excluding carboxylic acids is 2. The predicted molar refractivity (Wildman–Crippen MR) is 122 cm³/mol. The highest BCUT2D eigenvalue weighted by Crippen LogP contribution is 2.34. The van der Waals surface area contributed by atoms with E-state index in [4.69, 9.17) is 9.47 Å². The fourth-order valence-electron chi connectivity index (χ4n) is 3.61. The van der Waals surface area contributed by atoms with Crippen LogP contribution in [0.4, 0.5) is 4.79 Å². The third-order valence-corrected chi connectivity index (χ3v) is 6.15. The summed E-state index contributed by atoms with van der Waals surface area (Å²) in [4.78, 5) is 30.6. The minimum absolute atomic E-state index is 0.00320. The molecule has 0 saturated carbocycles. The van der Waals surface area contributed by atoms with Gasteiger partial charge in [0, 0.05) is 31.1 Å². The lowest BCUT2D eigenvalue weighted by Gasteiger charge is -2.37. The van der Waals surface area contributed by atoms with E-state index < -0.39 is 0 Å². The highest BCUT2D eigenvalue weighted by atomic mass is 32.1.